The summed E-state index contributed by atoms with van der Waals surface area (Å²) in [5.41, 5.74) is 6.49. The van der Waals surface area contributed by atoms with Crippen molar-refractivity contribution in [2.75, 3.05) is 24.8 Å². The van der Waals surface area contributed by atoms with Crippen LogP contribution in [0.25, 0.3) is 0 Å². The fourth-order valence-corrected chi connectivity index (χ4v) is 2.93. The zero-order valence-electron chi connectivity index (χ0n) is 14.1. The fraction of sp³-hybridized carbons (Fsp3) is 0.421. The van der Waals surface area contributed by atoms with Gasteiger partial charge < -0.3 is 20.1 Å². The molecule has 3 heterocycles. The van der Waals surface area contributed by atoms with E-state index in [2.05, 4.69) is 28.9 Å². The Balaban J connectivity index is 0.000000143. The van der Waals surface area contributed by atoms with Gasteiger partial charge in [-0.25, -0.2) is 4.98 Å². The number of para-hydroxylation sites is 1. The molecule has 0 atom stereocenters. The lowest BCUT2D eigenvalue weighted by molar-refractivity contribution is 0.173. The molecule has 5 heteroatoms. The van der Waals surface area contributed by atoms with E-state index in [1.165, 1.54) is 12.8 Å². The minimum atomic E-state index is 0.312. The first kappa shape index (κ1) is 16.6. The molecule has 4 rings (SSSR count). The fourth-order valence-electron chi connectivity index (χ4n) is 2.93. The third-order valence-corrected chi connectivity index (χ3v) is 4.45. The number of rotatable bonds is 2. The van der Waals surface area contributed by atoms with Crippen LogP contribution in [0.2, 0.25) is 0 Å². The van der Waals surface area contributed by atoms with Crippen molar-refractivity contribution in [3.8, 4) is 11.5 Å². The SMILES string of the molecule is CC1CCN(c2ccccn2)CC1.NCc1cccc2c1OCO2. The molecule has 128 valence electrons. The highest BCUT2D eigenvalue weighted by Crippen LogP contribution is 2.34. The van der Waals surface area contributed by atoms with Gasteiger partial charge in [-0.15, -0.1) is 0 Å². The lowest BCUT2D eigenvalue weighted by atomic mass is 9.99. The molecule has 0 radical (unpaired) electrons. The number of benzene rings is 1. The van der Waals surface area contributed by atoms with Crippen LogP contribution in [0, 0.1) is 5.92 Å². The van der Waals surface area contributed by atoms with Gasteiger partial charge in [0.2, 0.25) is 6.79 Å². The second-order valence-corrected chi connectivity index (χ2v) is 6.21. The van der Waals surface area contributed by atoms with Gasteiger partial charge in [0.25, 0.3) is 0 Å². The average Bonchev–Trinajstić information content (AvgIpc) is 3.12. The van der Waals surface area contributed by atoms with E-state index in [4.69, 9.17) is 15.2 Å². The summed E-state index contributed by atoms with van der Waals surface area (Å²) in [6, 6.07) is 11.8. The maximum atomic E-state index is 5.49. The molecule has 1 saturated heterocycles. The predicted molar refractivity (Wildman–Crippen MR) is 95.3 cm³/mol. The maximum absolute atomic E-state index is 5.49. The van der Waals surface area contributed by atoms with E-state index in [0.717, 1.165) is 41.9 Å². The molecule has 5 nitrogen and oxygen atoms in total. The quantitative estimate of drug-likeness (QED) is 0.918. The highest BCUT2D eigenvalue weighted by molar-refractivity contribution is 5.47. The standard InChI is InChI=1S/C11H16N2.C8H9NO2/c1-10-5-8-13(9-6-10)11-4-2-3-7-12-11;9-4-6-2-1-3-7-8(6)11-5-10-7/h2-4,7,10H,5-6,8-9H2,1H3;1-3H,4-5,9H2. The maximum Gasteiger partial charge on any atom is 0.231 e. The van der Waals surface area contributed by atoms with Crippen molar-refractivity contribution >= 4 is 5.82 Å². The molecule has 1 fully saturated rings. The van der Waals surface area contributed by atoms with Gasteiger partial charge in [-0.05, 0) is 37.0 Å². The molecule has 2 N–H and O–H groups in total. The number of hydrogen-bond acceptors (Lipinski definition) is 5. The minimum absolute atomic E-state index is 0.312. The molecule has 0 unspecified atom stereocenters. The highest BCUT2D eigenvalue weighted by atomic mass is 16.7. The zero-order chi connectivity index (χ0) is 16.8. The first-order valence-corrected chi connectivity index (χ1v) is 8.51. The summed E-state index contributed by atoms with van der Waals surface area (Å²) in [6.07, 6.45) is 4.47. The number of nitrogens with zero attached hydrogens (tertiary/aromatic N) is 2. The van der Waals surface area contributed by atoms with Crippen LogP contribution in [0.1, 0.15) is 25.3 Å². The molecular formula is C19H25N3O2. The third-order valence-electron chi connectivity index (χ3n) is 4.45. The molecule has 0 spiro atoms. The van der Waals surface area contributed by atoms with Crippen LogP contribution in [-0.4, -0.2) is 24.9 Å². The molecule has 0 amide bonds. The average molecular weight is 327 g/mol. The summed E-state index contributed by atoms with van der Waals surface area (Å²) in [4.78, 5) is 6.73. The van der Waals surface area contributed by atoms with Crippen LogP contribution in [0.3, 0.4) is 0 Å². The zero-order valence-corrected chi connectivity index (χ0v) is 14.1. The first-order valence-electron chi connectivity index (χ1n) is 8.51. The monoisotopic (exact) mass is 327 g/mol. The van der Waals surface area contributed by atoms with Crippen LogP contribution in [0.5, 0.6) is 11.5 Å². The van der Waals surface area contributed by atoms with E-state index in [0.29, 0.717) is 13.3 Å². The van der Waals surface area contributed by atoms with E-state index in [1.54, 1.807) is 0 Å². The van der Waals surface area contributed by atoms with Gasteiger partial charge in [-0.3, -0.25) is 0 Å². The van der Waals surface area contributed by atoms with Gasteiger partial charge in [0.15, 0.2) is 11.5 Å². The van der Waals surface area contributed by atoms with Crippen LogP contribution < -0.4 is 20.1 Å². The molecule has 2 aliphatic heterocycles. The van der Waals surface area contributed by atoms with Crippen molar-refractivity contribution in [2.45, 2.75) is 26.3 Å². The number of hydrogen-bond donors (Lipinski definition) is 1. The molecule has 2 aromatic rings. The molecule has 0 aliphatic carbocycles. The third kappa shape index (κ3) is 3.97. The Kier molecular flexibility index (Phi) is 5.54. The number of anilines is 1. The predicted octanol–water partition coefficient (Wildman–Crippen LogP) is 3.19. The molecule has 24 heavy (non-hydrogen) atoms. The number of nitrogens with two attached hydrogens (primary N) is 1. The smallest absolute Gasteiger partial charge is 0.231 e. The largest absolute Gasteiger partial charge is 0.454 e. The van der Waals surface area contributed by atoms with Crippen LogP contribution in [0.4, 0.5) is 5.82 Å². The van der Waals surface area contributed by atoms with Crippen LogP contribution in [-0.2, 0) is 6.54 Å². The summed E-state index contributed by atoms with van der Waals surface area (Å²) in [7, 11) is 0. The first-order chi connectivity index (χ1) is 11.8. The number of fused-ring (bicyclic) bond motifs is 1. The number of aromatic nitrogens is 1. The second-order valence-electron chi connectivity index (χ2n) is 6.21. The summed E-state index contributed by atoms with van der Waals surface area (Å²) in [5, 5.41) is 0. The Morgan fingerprint density at radius 2 is 1.96 bits per heavy atom. The Bertz CT molecular complexity index is 640. The Hall–Kier alpha value is -2.27. The normalized spacial score (nSPS) is 16.5. The van der Waals surface area contributed by atoms with Gasteiger partial charge >= 0.3 is 0 Å². The summed E-state index contributed by atoms with van der Waals surface area (Å²) in [6.45, 7) is 5.46. The topological polar surface area (TPSA) is 60.6 Å². The van der Waals surface area contributed by atoms with Crippen LogP contribution in [0.15, 0.2) is 42.6 Å². The van der Waals surface area contributed by atoms with Crippen LogP contribution >= 0.6 is 0 Å². The van der Waals surface area contributed by atoms with Gasteiger partial charge in [0.1, 0.15) is 5.82 Å². The molecule has 1 aromatic heterocycles. The molecule has 0 saturated carbocycles. The highest BCUT2D eigenvalue weighted by Gasteiger charge is 2.16. The second kappa shape index (κ2) is 8.02. The number of pyridine rings is 1. The summed E-state index contributed by atoms with van der Waals surface area (Å²) < 4.78 is 10.4. The Morgan fingerprint density at radius 3 is 2.67 bits per heavy atom. The van der Waals surface area contributed by atoms with Gasteiger partial charge in [-0.2, -0.15) is 0 Å². The van der Waals surface area contributed by atoms with Crippen molar-refractivity contribution in [2.24, 2.45) is 11.7 Å². The molecular weight excluding hydrogens is 302 g/mol. The van der Waals surface area contributed by atoms with Crippen molar-refractivity contribution in [1.29, 1.82) is 0 Å². The van der Waals surface area contributed by atoms with Crippen molar-refractivity contribution < 1.29 is 9.47 Å². The van der Waals surface area contributed by atoms with E-state index >= 15 is 0 Å². The lowest BCUT2D eigenvalue weighted by Gasteiger charge is -2.31. The number of ether oxygens (including phenoxy) is 2. The molecule has 0 bridgehead atoms. The Morgan fingerprint density at radius 1 is 1.12 bits per heavy atom. The van der Waals surface area contributed by atoms with Crippen molar-refractivity contribution in [3.63, 3.8) is 0 Å². The van der Waals surface area contributed by atoms with Crippen molar-refractivity contribution in [1.82, 2.24) is 4.98 Å². The van der Waals surface area contributed by atoms with E-state index in [-0.39, 0.29) is 0 Å². The minimum Gasteiger partial charge on any atom is -0.454 e. The van der Waals surface area contributed by atoms with Gasteiger partial charge in [0, 0.05) is 31.4 Å². The molecule has 1 aromatic carbocycles. The van der Waals surface area contributed by atoms with Gasteiger partial charge in [0.05, 0.1) is 0 Å². The summed E-state index contributed by atoms with van der Waals surface area (Å²) in [5.74, 6) is 3.62. The van der Waals surface area contributed by atoms with E-state index in [1.807, 2.05) is 30.5 Å². The van der Waals surface area contributed by atoms with Crippen molar-refractivity contribution in [3.05, 3.63) is 48.2 Å². The number of piperidine rings is 1. The lowest BCUT2D eigenvalue weighted by Crippen LogP contribution is -2.33. The van der Waals surface area contributed by atoms with E-state index < -0.39 is 0 Å². The van der Waals surface area contributed by atoms with E-state index in [9.17, 15) is 0 Å². The van der Waals surface area contributed by atoms with Gasteiger partial charge in [-0.1, -0.05) is 25.1 Å². The summed E-state index contributed by atoms with van der Waals surface area (Å²) >= 11 is 0. The Labute approximate surface area is 143 Å². The molecule has 2 aliphatic rings.